The molecule has 104 valence electrons. The predicted molar refractivity (Wildman–Crippen MR) is 77.5 cm³/mol. The zero-order valence-electron chi connectivity index (χ0n) is 11.5. The molecule has 19 heavy (non-hydrogen) atoms. The molecule has 1 aliphatic rings. The number of nitrogens with zero attached hydrogens (tertiary/aromatic N) is 1. The van der Waals surface area contributed by atoms with Crippen molar-refractivity contribution in [3.63, 3.8) is 0 Å². The number of aryl methyl sites for hydroxylation is 1. The van der Waals surface area contributed by atoms with Crippen LogP contribution in [-0.4, -0.2) is 25.8 Å². The van der Waals surface area contributed by atoms with Crippen LogP contribution in [0.15, 0.2) is 41.3 Å². The SMILES string of the molecule is C/C=C/C1CCN(S(=O)(=O)c2ccc(C)cc2)CC1. The van der Waals surface area contributed by atoms with E-state index in [0.717, 1.165) is 18.4 Å². The molecule has 1 aliphatic heterocycles. The molecule has 0 unspecified atom stereocenters. The molecular weight excluding hydrogens is 258 g/mol. The summed E-state index contributed by atoms with van der Waals surface area (Å²) in [4.78, 5) is 0.405. The van der Waals surface area contributed by atoms with Crippen LogP contribution in [-0.2, 0) is 10.0 Å². The van der Waals surface area contributed by atoms with Gasteiger partial charge in [0.05, 0.1) is 4.90 Å². The highest BCUT2D eigenvalue weighted by molar-refractivity contribution is 7.89. The number of sulfonamides is 1. The number of hydrogen-bond acceptors (Lipinski definition) is 2. The monoisotopic (exact) mass is 279 g/mol. The first-order chi connectivity index (χ1) is 9.04. The third kappa shape index (κ3) is 3.25. The molecule has 3 nitrogen and oxygen atoms in total. The smallest absolute Gasteiger partial charge is 0.207 e. The maximum absolute atomic E-state index is 12.5. The van der Waals surface area contributed by atoms with Gasteiger partial charge in [-0.05, 0) is 44.7 Å². The van der Waals surface area contributed by atoms with Crippen LogP contribution in [0.4, 0.5) is 0 Å². The van der Waals surface area contributed by atoms with Crippen LogP contribution >= 0.6 is 0 Å². The highest BCUT2D eigenvalue weighted by atomic mass is 32.2. The van der Waals surface area contributed by atoms with Crippen molar-refractivity contribution >= 4 is 10.0 Å². The van der Waals surface area contributed by atoms with Gasteiger partial charge < -0.3 is 0 Å². The van der Waals surface area contributed by atoms with Crippen molar-refractivity contribution < 1.29 is 8.42 Å². The third-order valence-electron chi connectivity index (χ3n) is 3.62. The maximum Gasteiger partial charge on any atom is 0.243 e. The largest absolute Gasteiger partial charge is 0.243 e. The summed E-state index contributed by atoms with van der Waals surface area (Å²) in [5, 5.41) is 0. The normalized spacial score (nSPS) is 19.1. The van der Waals surface area contributed by atoms with E-state index in [9.17, 15) is 8.42 Å². The van der Waals surface area contributed by atoms with E-state index in [2.05, 4.69) is 12.2 Å². The predicted octanol–water partition coefficient (Wildman–Crippen LogP) is 2.97. The van der Waals surface area contributed by atoms with Crippen LogP contribution in [0.1, 0.15) is 25.3 Å². The Morgan fingerprint density at radius 2 is 1.74 bits per heavy atom. The van der Waals surface area contributed by atoms with Crippen molar-refractivity contribution in [1.29, 1.82) is 0 Å². The highest BCUT2D eigenvalue weighted by Crippen LogP contribution is 2.24. The Labute approximate surface area is 116 Å². The van der Waals surface area contributed by atoms with Crippen molar-refractivity contribution in [1.82, 2.24) is 4.31 Å². The number of benzene rings is 1. The molecule has 0 spiro atoms. The van der Waals surface area contributed by atoms with Gasteiger partial charge in [-0.15, -0.1) is 0 Å². The van der Waals surface area contributed by atoms with Crippen LogP contribution in [0.3, 0.4) is 0 Å². The first-order valence-corrected chi connectivity index (χ1v) is 8.17. The first kappa shape index (κ1) is 14.3. The van der Waals surface area contributed by atoms with Crippen molar-refractivity contribution in [3.05, 3.63) is 42.0 Å². The fourth-order valence-corrected chi connectivity index (χ4v) is 3.91. The minimum atomic E-state index is -3.31. The molecule has 1 fully saturated rings. The molecule has 0 amide bonds. The minimum Gasteiger partial charge on any atom is -0.207 e. The van der Waals surface area contributed by atoms with Gasteiger partial charge >= 0.3 is 0 Å². The molecule has 0 N–H and O–H groups in total. The van der Waals surface area contributed by atoms with E-state index in [1.54, 1.807) is 16.4 Å². The molecule has 0 saturated carbocycles. The van der Waals surface area contributed by atoms with Crippen molar-refractivity contribution in [2.45, 2.75) is 31.6 Å². The van der Waals surface area contributed by atoms with Gasteiger partial charge in [0, 0.05) is 13.1 Å². The molecule has 2 rings (SSSR count). The summed E-state index contributed by atoms with van der Waals surface area (Å²) in [5.41, 5.74) is 1.07. The molecule has 4 heteroatoms. The molecule has 0 aliphatic carbocycles. The Morgan fingerprint density at radius 1 is 1.16 bits per heavy atom. The van der Waals surface area contributed by atoms with Gasteiger partial charge in [-0.25, -0.2) is 8.42 Å². The van der Waals surface area contributed by atoms with Gasteiger partial charge in [0.2, 0.25) is 10.0 Å². The quantitative estimate of drug-likeness (QED) is 0.798. The molecule has 0 radical (unpaired) electrons. The number of piperidine rings is 1. The van der Waals surface area contributed by atoms with Crippen molar-refractivity contribution in [2.75, 3.05) is 13.1 Å². The Kier molecular flexibility index (Phi) is 4.42. The van der Waals surface area contributed by atoms with Crippen LogP contribution in [0, 0.1) is 12.8 Å². The summed E-state index contributed by atoms with van der Waals surface area (Å²) in [5.74, 6) is 0.523. The average molecular weight is 279 g/mol. The fourth-order valence-electron chi connectivity index (χ4n) is 2.44. The Hall–Kier alpha value is -1.13. The first-order valence-electron chi connectivity index (χ1n) is 6.73. The lowest BCUT2D eigenvalue weighted by Crippen LogP contribution is -2.38. The Bertz CT molecular complexity index is 538. The van der Waals surface area contributed by atoms with Gasteiger partial charge in [-0.1, -0.05) is 29.8 Å². The van der Waals surface area contributed by atoms with E-state index >= 15 is 0 Å². The van der Waals surface area contributed by atoms with Gasteiger partial charge in [-0.3, -0.25) is 0 Å². The lowest BCUT2D eigenvalue weighted by molar-refractivity contribution is 0.306. The zero-order valence-corrected chi connectivity index (χ0v) is 12.4. The zero-order chi connectivity index (χ0) is 13.9. The van der Waals surface area contributed by atoms with Gasteiger partial charge in [-0.2, -0.15) is 4.31 Å². The van der Waals surface area contributed by atoms with Gasteiger partial charge in [0.25, 0.3) is 0 Å². The van der Waals surface area contributed by atoms with Crippen LogP contribution in [0.25, 0.3) is 0 Å². The molecular formula is C15H21NO2S. The number of allylic oxidation sites excluding steroid dienone is 2. The standard InChI is InChI=1S/C15H21NO2S/c1-3-4-14-9-11-16(12-10-14)19(17,18)15-7-5-13(2)6-8-15/h3-8,14H,9-12H2,1-2H3/b4-3+. The maximum atomic E-state index is 12.5. The van der Waals surface area contributed by atoms with E-state index in [0.29, 0.717) is 23.9 Å². The molecule has 0 bridgehead atoms. The van der Waals surface area contributed by atoms with E-state index < -0.39 is 10.0 Å². The second-order valence-electron chi connectivity index (χ2n) is 5.08. The van der Waals surface area contributed by atoms with E-state index in [1.165, 1.54) is 0 Å². The van der Waals surface area contributed by atoms with E-state index in [-0.39, 0.29) is 0 Å². The Balaban J connectivity index is 2.11. The lowest BCUT2D eigenvalue weighted by Gasteiger charge is -2.29. The molecule has 0 atom stereocenters. The molecule has 1 heterocycles. The van der Waals surface area contributed by atoms with Gasteiger partial charge in [0.15, 0.2) is 0 Å². The van der Waals surface area contributed by atoms with Crippen molar-refractivity contribution in [2.24, 2.45) is 5.92 Å². The molecule has 0 aromatic heterocycles. The van der Waals surface area contributed by atoms with Crippen molar-refractivity contribution in [3.8, 4) is 0 Å². The molecule has 1 aromatic carbocycles. The van der Waals surface area contributed by atoms with E-state index in [4.69, 9.17) is 0 Å². The average Bonchev–Trinajstić information content (AvgIpc) is 2.40. The molecule has 1 aromatic rings. The van der Waals surface area contributed by atoms with E-state index in [1.807, 2.05) is 26.0 Å². The molecule has 1 saturated heterocycles. The Morgan fingerprint density at radius 3 is 2.26 bits per heavy atom. The summed E-state index contributed by atoms with van der Waals surface area (Å²) in [6.07, 6.45) is 6.05. The third-order valence-corrected chi connectivity index (χ3v) is 5.53. The lowest BCUT2D eigenvalue weighted by atomic mass is 9.98. The van der Waals surface area contributed by atoms with Crippen LogP contribution in [0.2, 0.25) is 0 Å². The summed E-state index contributed by atoms with van der Waals surface area (Å²) in [6, 6.07) is 7.09. The second-order valence-corrected chi connectivity index (χ2v) is 7.02. The highest BCUT2D eigenvalue weighted by Gasteiger charge is 2.28. The fraction of sp³-hybridized carbons (Fsp3) is 0.467. The summed E-state index contributed by atoms with van der Waals surface area (Å²) in [6.45, 7) is 5.20. The van der Waals surface area contributed by atoms with Crippen LogP contribution < -0.4 is 0 Å². The second kappa shape index (κ2) is 5.88. The number of rotatable bonds is 3. The van der Waals surface area contributed by atoms with Gasteiger partial charge in [0.1, 0.15) is 0 Å². The number of hydrogen-bond donors (Lipinski definition) is 0. The summed E-state index contributed by atoms with van der Waals surface area (Å²) in [7, 11) is -3.31. The summed E-state index contributed by atoms with van der Waals surface area (Å²) < 4.78 is 26.6. The summed E-state index contributed by atoms with van der Waals surface area (Å²) >= 11 is 0. The minimum absolute atomic E-state index is 0.405. The topological polar surface area (TPSA) is 37.4 Å². The van der Waals surface area contributed by atoms with Crippen LogP contribution in [0.5, 0.6) is 0 Å².